The van der Waals surface area contributed by atoms with Crippen molar-refractivity contribution in [2.75, 3.05) is 0 Å². The number of allylic oxidation sites excluding steroid dienone is 3. The van der Waals surface area contributed by atoms with Gasteiger partial charge in [-0.05, 0) is 96.7 Å². The van der Waals surface area contributed by atoms with Crippen molar-refractivity contribution >= 4 is 5.57 Å². The van der Waals surface area contributed by atoms with Gasteiger partial charge in [0.15, 0.2) is 0 Å². The maximum atomic E-state index is 10.3. The summed E-state index contributed by atoms with van der Waals surface area (Å²) in [6.07, 6.45) is 17.1. The van der Waals surface area contributed by atoms with Crippen LogP contribution >= 0.6 is 0 Å². The van der Waals surface area contributed by atoms with Crippen molar-refractivity contribution in [1.82, 2.24) is 4.98 Å². The van der Waals surface area contributed by atoms with Crippen LogP contribution in [-0.2, 0) is 0 Å². The van der Waals surface area contributed by atoms with Gasteiger partial charge in [0.05, 0.1) is 6.10 Å². The average molecular weight is 378 g/mol. The molecule has 0 spiro atoms. The molecule has 0 aromatic carbocycles. The maximum absolute atomic E-state index is 10.3. The minimum absolute atomic E-state index is 0.118. The Morgan fingerprint density at radius 3 is 2.71 bits per heavy atom. The molecule has 0 unspecified atom stereocenters. The Kier molecular flexibility index (Phi) is 4.36. The summed E-state index contributed by atoms with van der Waals surface area (Å²) in [7, 11) is 0. The van der Waals surface area contributed by atoms with E-state index in [-0.39, 0.29) is 11.5 Å². The minimum atomic E-state index is -0.118. The summed E-state index contributed by atoms with van der Waals surface area (Å²) in [4.78, 5) is 4.41. The average Bonchev–Trinajstić information content (AvgIpc) is 3.06. The topological polar surface area (TPSA) is 33.1 Å². The Labute approximate surface area is 170 Å². The molecule has 1 aromatic rings. The molecule has 28 heavy (non-hydrogen) atoms. The molecule has 0 bridgehead atoms. The molecule has 4 aliphatic rings. The first kappa shape index (κ1) is 18.6. The molecule has 0 amide bonds. The molecule has 4 aliphatic carbocycles. The number of aromatic nitrogens is 1. The third-order valence-electron chi connectivity index (χ3n) is 9.27. The van der Waals surface area contributed by atoms with E-state index < -0.39 is 0 Å². The second-order valence-corrected chi connectivity index (χ2v) is 10.4. The molecule has 150 valence electrons. The number of aliphatic hydroxyl groups excluding tert-OH is 1. The zero-order valence-corrected chi connectivity index (χ0v) is 17.7. The van der Waals surface area contributed by atoms with Crippen LogP contribution in [-0.4, -0.2) is 16.2 Å². The van der Waals surface area contributed by atoms with Crippen LogP contribution in [0, 0.1) is 34.5 Å². The minimum Gasteiger partial charge on any atom is -0.393 e. The van der Waals surface area contributed by atoms with Crippen molar-refractivity contribution in [1.29, 1.82) is 0 Å². The fourth-order valence-electron chi connectivity index (χ4n) is 7.74. The summed E-state index contributed by atoms with van der Waals surface area (Å²) in [6.45, 7) is 7.44. The largest absolute Gasteiger partial charge is 0.393 e. The Hall–Kier alpha value is -1.41. The third kappa shape index (κ3) is 2.53. The Bertz CT molecular complexity index is 811. The highest BCUT2D eigenvalue weighted by molar-refractivity contribution is 5.72. The predicted molar refractivity (Wildman–Crippen MR) is 114 cm³/mol. The van der Waals surface area contributed by atoms with E-state index in [1.807, 2.05) is 6.20 Å². The predicted octanol–water partition coefficient (Wildman–Crippen LogP) is 6.03. The van der Waals surface area contributed by atoms with Crippen LogP contribution in [0.5, 0.6) is 0 Å². The van der Waals surface area contributed by atoms with Gasteiger partial charge in [0, 0.05) is 12.4 Å². The number of hydrogen-bond acceptors (Lipinski definition) is 2. The van der Waals surface area contributed by atoms with Crippen molar-refractivity contribution in [3.63, 3.8) is 0 Å². The van der Waals surface area contributed by atoms with Crippen molar-refractivity contribution in [3.05, 3.63) is 47.8 Å². The van der Waals surface area contributed by atoms with Gasteiger partial charge in [-0.15, -0.1) is 0 Å². The number of rotatable bonds is 2. The number of hydrogen-bond donors (Lipinski definition) is 1. The molecule has 2 fully saturated rings. The van der Waals surface area contributed by atoms with Gasteiger partial charge in [0.25, 0.3) is 0 Å². The smallest absolute Gasteiger partial charge is 0.0577 e. The molecule has 1 aromatic heterocycles. The summed E-state index contributed by atoms with van der Waals surface area (Å²) in [5, 5.41) is 10.3. The van der Waals surface area contributed by atoms with Crippen LogP contribution in [0.3, 0.4) is 0 Å². The molecular formula is C26H35NO. The third-order valence-corrected chi connectivity index (χ3v) is 9.27. The lowest BCUT2D eigenvalue weighted by molar-refractivity contribution is -0.0464. The first-order chi connectivity index (χ1) is 13.5. The van der Waals surface area contributed by atoms with Gasteiger partial charge >= 0.3 is 0 Å². The number of pyridine rings is 1. The maximum Gasteiger partial charge on any atom is 0.0577 e. The standard InChI is InChI=1S/C26H35NO/c1-4-17-14-19-15-20(28)9-11-25(19,2)23-10-12-26(3)21(7-8-22(26)24(17)23)18-6-5-13-27-16-18/h5-7,13-14,16-17,20,22-24,28H,4,8-12,15H2,1-3H3/t17-,20-,22-,23-,24-,25-,26+/m0/s1. The second-order valence-electron chi connectivity index (χ2n) is 10.4. The molecular weight excluding hydrogens is 342 g/mol. The number of nitrogens with zero attached hydrogens (tertiary/aromatic N) is 1. The summed E-state index contributed by atoms with van der Waals surface area (Å²) in [6, 6.07) is 4.33. The summed E-state index contributed by atoms with van der Waals surface area (Å²) in [5.74, 6) is 2.97. The van der Waals surface area contributed by atoms with Crippen molar-refractivity contribution in [2.24, 2.45) is 34.5 Å². The van der Waals surface area contributed by atoms with Gasteiger partial charge in [0.1, 0.15) is 0 Å². The highest BCUT2D eigenvalue weighted by Gasteiger charge is 2.58. The van der Waals surface area contributed by atoms with E-state index >= 15 is 0 Å². The van der Waals surface area contributed by atoms with E-state index in [1.165, 1.54) is 37.7 Å². The highest BCUT2D eigenvalue weighted by atomic mass is 16.3. The molecule has 7 atom stereocenters. The molecule has 1 N–H and O–H groups in total. The van der Waals surface area contributed by atoms with Crippen LogP contribution in [0.25, 0.3) is 5.57 Å². The van der Waals surface area contributed by atoms with E-state index in [0.717, 1.165) is 30.6 Å². The lowest BCUT2D eigenvalue weighted by atomic mass is 9.45. The molecule has 2 heteroatoms. The van der Waals surface area contributed by atoms with Crippen LogP contribution < -0.4 is 0 Å². The monoisotopic (exact) mass is 377 g/mol. The van der Waals surface area contributed by atoms with E-state index in [1.54, 1.807) is 11.1 Å². The quantitative estimate of drug-likeness (QED) is 0.638. The molecule has 0 aliphatic heterocycles. The summed E-state index contributed by atoms with van der Waals surface area (Å²) in [5.41, 5.74) is 5.07. The summed E-state index contributed by atoms with van der Waals surface area (Å²) < 4.78 is 0. The molecule has 5 rings (SSSR count). The Balaban J connectivity index is 1.53. The molecule has 2 nitrogen and oxygen atoms in total. The Morgan fingerprint density at radius 2 is 1.96 bits per heavy atom. The van der Waals surface area contributed by atoms with E-state index in [9.17, 15) is 5.11 Å². The van der Waals surface area contributed by atoms with Gasteiger partial charge in [-0.1, -0.05) is 44.6 Å². The normalized spacial score (nSPS) is 44.8. The lowest BCUT2D eigenvalue weighted by Gasteiger charge is -2.60. The van der Waals surface area contributed by atoms with Crippen LogP contribution in [0.4, 0.5) is 0 Å². The van der Waals surface area contributed by atoms with Gasteiger partial charge in [-0.3, -0.25) is 4.98 Å². The van der Waals surface area contributed by atoms with Gasteiger partial charge in [-0.25, -0.2) is 0 Å². The number of fused-ring (bicyclic) bond motifs is 5. The van der Waals surface area contributed by atoms with E-state index in [0.29, 0.717) is 11.3 Å². The van der Waals surface area contributed by atoms with Gasteiger partial charge in [0.2, 0.25) is 0 Å². The lowest BCUT2D eigenvalue weighted by Crippen LogP contribution is -2.52. The zero-order chi connectivity index (χ0) is 19.5. The Morgan fingerprint density at radius 1 is 1.14 bits per heavy atom. The first-order valence-corrected chi connectivity index (χ1v) is 11.5. The fourth-order valence-corrected chi connectivity index (χ4v) is 7.74. The van der Waals surface area contributed by atoms with Crippen molar-refractivity contribution in [2.45, 2.75) is 71.8 Å². The highest BCUT2D eigenvalue weighted by Crippen LogP contribution is 2.67. The summed E-state index contributed by atoms with van der Waals surface area (Å²) >= 11 is 0. The van der Waals surface area contributed by atoms with Crippen molar-refractivity contribution < 1.29 is 5.11 Å². The van der Waals surface area contributed by atoms with E-state index in [4.69, 9.17) is 0 Å². The van der Waals surface area contributed by atoms with Crippen LogP contribution in [0.15, 0.2) is 42.3 Å². The molecule has 0 saturated heterocycles. The number of aliphatic hydroxyl groups is 1. The van der Waals surface area contributed by atoms with Crippen LogP contribution in [0.2, 0.25) is 0 Å². The van der Waals surface area contributed by atoms with Crippen LogP contribution in [0.1, 0.15) is 71.3 Å². The van der Waals surface area contributed by atoms with Crippen molar-refractivity contribution in [3.8, 4) is 0 Å². The van der Waals surface area contributed by atoms with E-state index in [2.05, 4.69) is 56.2 Å². The van der Waals surface area contributed by atoms with Gasteiger partial charge in [-0.2, -0.15) is 0 Å². The van der Waals surface area contributed by atoms with Gasteiger partial charge < -0.3 is 5.11 Å². The first-order valence-electron chi connectivity index (χ1n) is 11.5. The molecule has 2 saturated carbocycles. The molecule has 1 heterocycles. The fraction of sp³-hybridized carbons (Fsp3) is 0.654. The molecule has 0 radical (unpaired) electrons. The zero-order valence-electron chi connectivity index (χ0n) is 17.7. The SMILES string of the molecule is CC[C@H]1C=C2C[C@@H](O)CC[C@]2(C)[C@H]2CC[C@]3(C)C(c4cccnc4)=CC[C@H]3[C@H]12. The second kappa shape index (κ2) is 6.55.